The van der Waals surface area contributed by atoms with E-state index < -0.39 is 0 Å². The zero-order valence-corrected chi connectivity index (χ0v) is 15.6. The molecule has 4 rings (SSSR count). The smallest absolute Gasteiger partial charge is 0.197 e. The van der Waals surface area contributed by atoms with Crippen molar-refractivity contribution in [2.45, 2.75) is 38.0 Å². The van der Waals surface area contributed by atoms with Crippen LogP contribution in [0.5, 0.6) is 5.75 Å². The monoisotopic (exact) mass is 364 g/mol. The lowest BCUT2D eigenvalue weighted by molar-refractivity contribution is 0.386. The van der Waals surface area contributed by atoms with Crippen molar-refractivity contribution in [3.05, 3.63) is 65.5 Å². The highest BCUT2D eigenvalue weighted by molar-refractivity contribution is 5.47. The van der Waals surface area contributed by atoms with Crippen LogP contribution in [-0.2, 0) is 0 Å². The standard InChI is InChI=1S/C21H21FN4O/c1-12(2)19-16(11-25-21(26-19)20-23-7-4-8-24-20)15-10-14(15)13-5-6-17(22)18(9-13)27-3/h4-9,11-12,14-15H,10H2,1-3H3. The molecule has 1 aliphatic carbocycles. The highest BCUT2D eigenvalue weighted by atomic mass is 19.1. The lowest BCUT2D eigenvalue weighted by Crippen LogP contribution is -2.05. The maximum absolute atomic E-state index is 13.7. The maximum atomic E-state index is 13.7. The number of rotatable bonds is 5. The van der Waals surface area contributed by atoms with E-state index in [9.17, 15) is 4.39 Å². The van der Waals surface area contributed by atoms with Crippen molar-refractivity contribution in [3.8, 4) is 17.4 Å². The molecule has 1 saturated carbocycles. The number of benzene rings is 1. The summed E-state index contributed by atoms with van der Waals surface area (Å²) < 4.78 is 18.8. The highest BCUT2D eigenvalue weighted by Crippen LogP contribution is 2.56. The second-order valence-corrected chi connectivity index (χ2v) is 7.10. The normalized spacial score (nSPS) is 18.6. The number of halogens is 1. The summed E-state index contributed by atoms with van der Waals surface area (Å²) in [6, 6.07) is 6.87. The van der Waals surface area contributed by atoms with E-state index >= 15 is 0 Å². The minimum atomic E-state index is -0.336. The predicted octanol–water partition coefficient (Wildman–Crippen LogP) is 4.48. The second-order valence-electron chi connectivity index (χ2n) is 7.10. The van der Waals surface area contributed by atoms with Gasteiger partial charge in [0.25, 0.3) is 0 Å². The van der Waals surface area contributed by atoms with E-state index in [2.05, 4.69) is 28.8 Å². The van der Waals surface area contributed by atoms with Gasteiger partial charge in [0.2, 0.25) is 0 Å². The van der Waals surface area contributed by atoms with Crippen LogP contribution in [0.1, 0.15) is 54.8 Å². The Kier molecular flexibility index (Phi) is 4.56. The van der Waals surface area contributed by atoms with Crippen molar-refractivity contribution in [3.63, 3.8) is 0 Å². The Morgan fingerprint density at radius 2 is 1.85 bits per heavy atom. The number of hydrogen-bond acceptors (Lipinski definition) is 5. The Balaban J connectivity index is 1.65. The van der Waals surface area contributed by atoms with E-state index in [0.717, 1.165) is 23.2 Å². The number of aromatic nitrogens is 4. The lowest BCUT2D eigenvalue weighted by Gasteiger charge is -2.13. The van der Waals surface area contributed by atoms with Crippen LogP contribution in [0, 0.1) is 5.82 Å². The first-order valence-electron chi connectivity index (χ1n) is 9.06. The maximum Gasteiger partial charge on any atom is 0.197 e. The van der Waals surface area contributed by atoms with Crippen LogP contribution in [0.15, 0.2) is 42.9 Å². The molecule has 2 heterocycles. The van der Waals surface area contributed by atoms with Crippen LogP contribution >= 0.6 is 0 Å². The second kappa shape index (κ2) is 7.02. The fraction of sp³-hybridized carbons (Fsp3) is 0.333. The first-order valence-corrected chi connectivity index (χ1v) is 9.06. The van der Waals surface area contributed by atoms with Crippen molar-refractivity contribution in [2.24, 2.45) is 0 Å². The summed E-state index contributed by atoms with van der Waals surface area (Å²) in [6.45, 7) is 4.25. The summed E-state index contributed by atoms with van der Waals surface area (Å²) >= 11 is 0. The molecule has 0 aliphatic heterocycles. The third-order valence-electron chi connectivity index (χ3n) is 4.95. The summed E-state index contributed by atoms with van der Waals surface area (Å²) in [7, 11) is 1.49. The van der Waals surface area contributed by atoms with Crippen molar-refractivity contribution in [1.29, 1.82) is 0 Å². The average Bonchev–Trinajstić information content (AvgIpc) is 3.49. The van der Waals surface area contributed by atoms with Crippen molar-refractivity contribution >= 4 is 0 Å². The molecule has 2 atom stereocenters. The van der Waals surface area contributed by atoms with Crippen molar-refractivity contribution < 1.29 is 9.13 Å². The van der Waals surface area contributed by atoms with Crippen LogP contribution in [-0.4, -0.2) is 27.0 Å². The molecule has 1 aromatic carbocycles. The van der Waals surface area contributed by atoms with Gasteiger partial charge in [0.05, 0.1) is 12.8 Å². The molecule has 0 radical (unpaired) electrons. The van der Waals surface area contributed by atoms with Crippen LogP contribution in [0.4, 0.5) is 4.39 Å². The first-order chi connectivity index (χ1) is 13.1. The Bertz CT molecular complexity index is 962. The zero-order chi connectivity index (χ0) is 19.0. The van der Waals surface area contributed by atoms with Gasteiger partial charge in [-0.1, -0.05) is 19.9 Å². The van der Waals surface area contributed by atoms with Gasteiger partial charge in [-0.3, -0.25) is 0 Å². The molecule has 1 aliphatic rings. The van der Waals surface area contributed by atoms with Crippen LogP contribution in [0.25, 0.3) is 11.6 Å². The predicted molar refractivity (Wildman–Crippen MR) is 100 cm³/mol. The fourth-order valence-electron chi connectivity index (χ4n) is 3.49. The van der Waals surface area contributed by atoms with Gasteiger partial charge < -0.3 is 4.74 Å². The molecule has 0 saturated heterocycles. The number of hydrogen-bond donors (Lipinski definition) is 0. The fourth-order valence-corrected chi connectivity index (χ4v) is 3.49. The Morgan fingerprint density at radius 3 is 2.56 bits per heavy atom. The van der Waals surface area contributed by atoms with Gasteiger partial charge in [-0.25, -0.2) is 24.3 Å². The summed E-state index contributed by atoms with van der Waals surface area (Å²) in [6.07, 6.45) is 6.28. The number of ether oxygens (including phenoxy) is 1. The van der Waals surface area contributed by atoms with Gasteiger partial charge in [0.1, 0.15) is 0 Å². The van der Waals surface area contributed by atoms with Gasteiger partial charge in [0, 0.05) is 18.6 Å². The van der Waals surface area contributed by atoms with Crippen LogP contribution < -0.4 is 4.74 Å². The minimum Gasteiger partial charge on any atom is -0.494 e. The third-order valence-corrected chi connectivity index (χ3v) is 4.95. The summed E-state index contributed by atoms with van der Waals surface area (Å²) in [5.74, 6) is 1.95. The molecular weight excluding hydrogens is 343 g/mol. The molecule has 3 aromatic rings. The number of methoxy groups -OCH3 is 1. The Morgan fingerprint density at radius 1 is 1.07 bits per heavy atom. The molecule has 0 spiro atoms. The van der Waals surface area contributed by atoms with E-state index in [1.54, 1.807) is 24.5 Å². The quantitative estimate of drug-likeness (QED) is 0.668. The van der Waals surface area contributed by atoms with E-state index in [4.69, 9.17) is 9.72 Å². The van der Waals surface area contributed by atoms with Gasteiger partial charge in [-0.05, 0) is 53.5 Å². The van der Waals surface area contributed by atoms with Crippen LogP contribution in [0.3, 0.4) is 0 Å². The highest BCUT2D eigenvalue weighted by Gasteiger charge is 2.42. The van der Waals surface area contributed by atoms with E-state index in [0.29, 0.717) is 23.5 Å². The molecule has 5 nitrogen and oxygen atoms in total. The summed E-state index contributed by atoms with van der Waals surface area (Å²) in [5.41, 5.74) is 3.26. The topological polar surface area (TPSA) is 60.8 Å². The summed E-state index contributed by atoms with van der Waals surface area (Å²) in [4.78, 5) is 17.8. The summed E-state index contributed by atoms with van der Waals surface area (Å²) in [5, 5.41) is 0. The van der Waals surface area contributed by atoms with E-state index in [-0.39, 0.29) is 17.5 Å². The molecule has 138 valence electrons. The van der Waals surface area contributed by atoms with Gasteiger partial charge in [-0.2, -0.15) is 0 Å². The Labute approximate surface area is 157 Å². The van der Waals surface area contributed by atoms with Gasteiger partial charge in [0.15, 0.2) is 23.2 Å². The first kappa shape index (κ1) is 17.5. The van der Waals surface area contributed by atoms with Crippen LogP contribution in [0.2, 0.25) is 0 Å². The van der Waals surface area contributed by atoms with Gasteiger partial charge in [-0.15, -0.1) is 0 Å². The zero-order valence-electron chi connectivity index (χ0n) is 15.6. The largest absolute Gasteiger partial charge is 0.494 e. The van der Waals surface area contributed by atoms with Crippen molar-refractivity contribution in [2.75, 3.05) is 7.11 Å². The lowest BCUT2D eigenvalue weighted by atomic mass is 9.99. The SMILES string of the molecule is COc1cc(C2CC2c2cnc(-c3ncccn3)nc2C(C)C)ccc1F. The molecular formula is C21H21FN4O. The molecule has 2 aromatic heterocycles. The molecule has 1 fully saturated rings. The molecule has 0 amide bonds. The van der Waals surface area contributed by atoms with Crippen molar-refractivity contribution in [1.82, 2.24) is 19.9 Å². The number of nitrogens with zero attached hydrogens (tertiary/aromatic N) is 4. The molecule has 6 heteroatoms. The average molecular weight is 364 g/mol. The third kappa shape index (κ3) is 3.39. The van der Waals surface area contributed by atoms with Gasteiger partial charge >= 0.3 is 0 Å². The Hall–Kier alpha value is -2.89. The molecule has 0 bridgehead atoms. The molecule has 2 unspecified atom stereocenters. The van der Waals surface area contributed by atoms with E-state index in [1.165, 1.54) is 13.2 Å². The van der Waals surface area contributed by atoms with E-state index in [1.807, 2.05) is 12.3 Å². The molecule has 0 N–H and O–H groups in total. The minimum absolute atomic E-state index is 0.259. The molecule has 27 heavy (non-hydrogen) atoms.